The minimum absolute atomic E-state index is 0.107. The molecule has 0 saturated carbocycles. The Hall–Kier alpha value is -3.72. The predicted octanol–water partition coefficient (Wildman–Crippen LogP) is 4.17. The van der Waals surface area contributed by atoms with Crippen LogP contribution in [0.5, 0.6) is 0 Å². The number of rotatable bonds is 7. The number of para-hydroxylation sites is 1. The van der Waals surface area contributed by atoms with Gasteiger partial charge in [0.1, 0.15) is 5.82 Å². The molecule has 0 unspecified atom stereocenters. The van der Waals surface area contributed by atoms with Gasteiger partial charge in [-0.3, -0.25) is 14.3 Å². The Morgan fingerprint density at radius 2 is 1.73 bits per heavy atom. The number of anilines is 2. The van der Waals surface area contributed by atoms with Crippen LogP contribution in [0.15, 0.2) is 71.6 Å². The summed E-state index contributed by atoms with van der Waals surface area (Å²) < 4.78 is 41.4. The molecule has 0 fully saturated rings. The summed E-state index contributed by atoms with van der Waals surface area (Å²) in [6, 6.07) is 16.7. The largest absolute Gasteiger partial charge is 0.342 e. The Kier molecular flexibility index (Phi) is 7.13. The molecule has 0 atom stereocenters. The van der Waals surface area contributed by atoms with Gasteiger partial charge in [-0.1, -0.05) is 30.3 Å². The molecule has 0 aliphatic carbocycles. The summed E-state index contributed by atoms with van der Waals surface area (Å²) in [6.45, 7) is 3.31. The molecule has 3 aromatic carbocycles. The highest BCUT2D eigenvalue weighted by molar-refractivity contribution is 7.92. The first-order chi connectivity index (χ1) is 15.6. The number of carbonyl (C=O) groups excluding carboxylic acids is 2. The maximum atomic E-state index is 13.8. The van der Waals surface area contributed by atoms with E-state index in [9.17, 15) is 22.4 Å². The number of hydrogen-bond acceptors (Lipinski definition) is 4. The lowest BCUT2D eigenvalue weighted by Crippen LogP contribution is -2.24. The summed E-state index contributed by atoms with van der Waals surface area (Å²) in [6.07, 6.45) is 0. The molecule has 0 radical (unpaired) electrons. The van der Waals surface area contributed by atoms with Gasteiger partial charge in [0.05, 0.1) is 4.90 Å². The summed E-state index contributed by atoms with van der Waals surface area (Å²) in [4.78, 5) is 25.7. The average Bonchev–Trinajstić information content (AvgIpc) is 2.76. The molecule has 2 amide bonds. The Labute approximate surface area is 192 Å². The molecule has 2 N–H and O–H groups in total. The van der Waals surface area contributed by atoms with Crippen LogP contribution in [0.1, 0.15) is 28.4 Å². The Morgan fingerprint density at radius 3 is 2.42 bits per heavy atom. The number of carbonyl (C=O) groups is 2. The van der Waals surface area contributed by atoms with E-state index in [1.165, 1.54) is 49.1 Å². The van der Waals surface area contributed by atoms with Gasteiger partial charge in [-0.05, 0) is 54.4 Å². The smallest absolute Gasteiger partial charge is 0.261 e. The fourth-order valence-corrected chi connectivity index (χ4v) is 4.08. The van der Waals surface area contributed by atoms with E-state index in [-0.39, 0.29) is 22.1 Å². The fraction of sp³-hybridized carbons (Fsp3) is 0.167. The Balaban J connectivity index is 1.79. The molecule has 0 aliphatic heterocycles. The Morgan fingerprint density at radius 1 is 1.00 bits per heavy atom. The number of halogens is 1. The van der Waals surface area contributed by atoms with Crippen LogP contribution in [0.3, 0.4) is 0 Å². The van der Waals surface area contributed by atoms with Gasteiger partial charge in [-0.25, -0.2) is 12.8 Å². The van der Waals surface area contributed by atoms with Crippen LogP contribution in [0, 0.1) is 12.7 Å². The molecule has 7 nitrogen and oxygen atoms in total. The summed E-state index contributed by atoms with van der Waals surface area (Å²) in [5, 5.41) is 2.80. The predicted molar refractivity (Wildman–Crippen MR) is 125 cm³/mol. The van der Waals surface area contributed by atoms with Crippen LogP contribution < -0.4 is 10.0 Å². The van der Waals surface area contributed by atoms with Crippen molar-refractivity contribution in [1.82, 2.24) is 4.90 Å². The van der Waals surface area contributed by atoms with Gasteiger partial charge in [0.2, 0.25) is 5.91 Å². The highest BCUT2D eigenvalue weighted by Gasteiger charge is 2.17. The van der Waals surface area contributed by atoms with Crippen LogP contribution in [0.25, 0.3) is 0 Å². The zero-order chi connectivity index (χ0) is 24.2. The van der Waals surface area contributed by atoms with Gasteiger partial charge in [0.25, 0.3) is 15.9 Å². The second-order valence-electron chi connectivity index (χ2n) is 7.58. The third kappa shape index (κ3) is 5.95. The standard InChI is InChI=1S/C24H24FN3O4S/c1-16-11-12-21(14-22(16)25)33(31,32)27-20-9-6-8-18(13-20)24(30)26-23-10-5-4-7-19(23)15-28(3)17(2)29/h4-14,27H,15H2,1-3H3,(H,26,30). The summed E-state index contributed by atoms with van der Waals surface area (Å²) in [5.41, 5.74) is 2.01. The lowest BCUT2D eigenvalue weighted by Gasteiger charge is -2.18. The first-order valence-electron chi connectivity index (χ1n) is 10.1. The summed E-state index contributed by atoms with van der Waals surface area (Å²) >= 11 is 0. The molecule has 172 valence electrons. The average molecular weight is 470 g/mol. The SMILES string of the molecule is CC(=O)N(C)Cc1ccccc1NC(=O)c1cccc(NS(=O)(=O)c2ccc(C)c(F)c2)c1. The van der Waals surface area contributed by atoms with Crippen LogP contribution in [-0.4, -0.2) is 32.2 Å². The first-order valence-corrected chi connectivity index (χ1v) is 11.5. The zero-order valence-electron chi connectivity index (χ0n) is 18.4. The molecule has 0 aliphatic rings. The van der Waals surface area contributed by atoms with Crippen LogP contribution in [-0.2, 0) is 21.4 Å². The van der Waals surface area contributed by atoms with Crippen molar-refractivity contribution in [3.8, 4) is 0 Å². The van der Waals surface area contributed by atoms with E-state index in [4.69, 9.17) is 0 Å². The fourth-order valence-electron chi connectivity index (χ4n) is 3.02. The van der Waals surface area contributed by atoms with Gasteiger partial charge in [0, 0.05) is 37.5 Å². The quantitative estimate of drug-likeness (QED) is 0.543. The third-order valence-corrected chi connectivity index (χ3v) is 6.42. The second-order valence-corrected chi connectivity index (χ2v) is 9.27. The van der Waals surface area contributed by atoms with E-state index < -0.39 is 21.7 Å². The minimum Gasteiger partial charge on any atom is -0.342 e. The molecule has 9 heteroatoms. The number of nitrogens with zero attached hydrogens (tertiary/aromatic N) is 1. The maximum Gasteiger partial charge on any atom is 0.261 e. The number of nitrogens with one attached hydrogen (secondary N) is 2. The highest BCUT2D eigenvalue weighted by Crippen LogP contribution is 2.21. The van der Waals surface area contributed by atoms with Crippen molar-refractivity contribution in [3.05, 3.63) is 89.2 Å². The third-order valence-electron chi connectivity index (χ3n) is 5.04. The number of hydrogen-bond donors (Lipinski definition) is 2. The van der Waals surface area contributed by atoms with E-state index in [1.807, 2.05) is 6.07 Å². The number of amides is 2. The van der Waals surface area contributed by atoms with E-state index >= 15 is 0 Å². The molecule has 0 aromatic heterocycles. The molecule has 0 saturated heterocycles. The molecular weight excluding hydrogens is 445 g/mol. The maximum absolute atomic E-state index is 13.8. The van der Waals surface area contributed by atoms with Crippen molar-refractivity contribution in [1.29, 1.82) is 0 Å². The lowest BCUT2D eigenvalue weighted by atomic mass is 10.1. The number of sulfonamides is 1. The topological polar surface area (TPSA) is 95.6 Å². The van der Waals surface area contributed by atoms with Crippen molar-refractivity contribution in [3.63, 3.8) is 0 Å². The molecule has 0 spiro atoms. The first kappa shape index (κ1) is 23.9. The van der Waals surface area contributed by atoms with E-state index in [2.05, 4.69) is 10.0 Å². The molecule has 0 bridgehead atoms. The number of aryl methyl sites for hydroxylation is 1. The van der Waals surface area contributed by atoms with E-state index in [0.717, 1.165) is 11.6 Å². The summed E-state index contributed by atoms with van der Waals surface area (Å²) in [5.74, 6) is -1.18. The van der Waals surface area contributed by atoms with Crippen LogP contribution in [0.4, 0.5) is 15.8 Å². The second kappa shape index (κ2) is 9.83. The zero-order valence-corrected chi connectivity index (χ0v) is 19.2. The molecule has 3 rings (SSSR count). The monoisotopic (exact) mass is 469 g/mol. The minimum atomic E-state index is -4.04. The van der Waals surface area contributed by atoms with Gasteiger partial charge in [0.15, 0.2) is 0 Å². The van der Waals surface area contributed by atoms with Crippen LogP contribution in [0.2, 0.25) is 0 Å². The van der Waals surface area contributed by atoms with Crippen molar-refractivity contribution in [2.24, 2.45) is 0 Å². The van der Waals surface area contributed by atoms with Gasteiger partial charge in [-0.2, -0.15) is 0 Å². The van der Waals surface area contributed by atoms with Gasteiger partial charge < -0.3 is 10.2 Å². The number of benzene rings is 3. The normalized spacial score (nSPS) is 11.0. The van der Waals surface area contributed by atoms with Crippen molar-refractivity contribution in [2.75, 3.05) is 17.1 Å². The Bertz CT molecular complexity index is 1310. The highest BCUT2D eigenvalue weighted by atomic mass is 32.2. The van der Waals surface area contributed by atoms with Crippen LogP contribution >= 0.6 is 0 Å². The molecule has 0 heterocycles. The molecule has 3 aromatic rings. The lowest BCUT2D eigenvalue weighted by molar-refractivity contribution is -0.128. The van der Waals surface area contributed by atoms with E-state index in [0.29, 0.717) is 17.8 Å². The van der Waals surface area contributed by atoms with Gasteiger partial charge >= 0.3 is 0 Å². The van der Waals surface area contributed by atoms with Crippen molar-refractivity contribution in [2.45, 2.75) is 25.3 Å². The molecular formula is C24H24FN3O4S. The van der Waals surface area contributed by atoms with E-state index in [1.54, 1.807) is 31.3 Å². The van der Waals surface area contributed by atoms with Crippen molar-refractivity contribution < 1.29 is 22.4 Å². The molecule has 33 heavy (non-hydrogen) atoms. The van der Waals surface area contributed by atoms with Gasteiger partial charge in [-0.15, -0.1) is 0 Å². The summed E-state index contributed by atoms with van der Waals surface area (Å²) in [7, 11) is -2.38. The van der Waals surface area contributed by atoms with Crippen molar-refractivity contribution >= 4 is 33.2 Å².